The van der Waals surface area contributed by atoms with Crippen molar-refractivity contribution in [2.24, 2.45) is 0 Å². The molecule has 6 nitrogen and oxygen atoms in total. The zero-order chi connectivity index (χ0) is 17.8. The Morgan fingerprint density at radius 2 is 1.79 bits per heavy atom. The van der Waals surface area contributed by atoms with Crippen LogP contribution in [0.3, 0.4) is 0 Å². The first-order chi connectivity index (χ1) is 11.3. The monoisotopic (exact) mass is 338 g/mol. The molecular formula is C17H23FN2O4. The molecule has 2 aliphatic rings. The Balaban J connectivity index is 0.000000301. The van der Waals surface area contributed by atoms with Crippen LogP contribution in [-0.4, -0.2) is 46.4 Å². The van der Waals surface area contributed by atoms with Crippen molar-refractivity contribution in [2.75, 3.05) is 13.1 Å². The number of halogens is 1. The van der Waals surface area contributed by atoms with Gasteiger partial charge in [-0.1, -0.05) is 30.3 Å². The minimum atomic E-state index is -1.82. The highest BCUT2D eigenvalue weighted by Gasteiger charge is 2.59. The van der Waals surface area contributed by atoms with Crippen LogP contribution in [0.15, 0.2) is 30.3 Å². The van der Waals surface area contributed by atoms with Gasteiger partial charge in [-0.15, -0.1) is 0 Å². The van der Waals surface area contributed by atoms with Crippen molar-refractivity contribution in [3.63, 3.8) is 0 Å². The van der Waals surface area contributed by atoms with Gasteiger partial charge >= 0.3 is 11.9 Å². The smallest absolute Gasteiger partial charge is 0.414 e. The molecule has 1 aliphatic heterocycles. The maximum Gasteiger partial charge on any atom is 0.414 e. The highest BCUT2D eigenvalue weighted by Crippen LogP contribution is 2.45. The zero-order valence-corrected chi connectivity index (χ0v) is 13.6. The van der Waals surface area contributed by atoms with Gasteiger partial charge in [0.2, 0.25) is 0 Å². The zero-order valence-electron chi connectivity index (χ0n) is 13.6. The molecule has 1 saturated carbocycles. The summed E-state index contributed by atoms with van der Waals surface area (Å²) in [6.07, 6.45) is 2.62. The first-order valence-corrected chi connectivity index (χ1v) is 7.98. The second-order valence-corrected chi connectivity index (χ2v) is 6.39. The molecule has 1 aromatic rings. The summed E-state index contributed by atoms with van der Waals surface area (Å²) in [7, 11) is 0. The highest BCUT2D eigenvalue weighted by molar-refractivity contribution is 6.27. The maximum absolute atomic E-state index is 14.9. The van der Waals surface area contributed by atoms with E-state index in [1.165, 1.54) is 5.56 Å². The van der Waals surface area contributed by atoms with Gasteiger partial charge in [-0.3, -0.25) is 0 Å². The standard InChI is InChI=1S/C15H21FN2.C2H2O4/c1-12(13-6-3-2-4-7-13)18-15-9-5-8-14(15,16)10-17-11-15;3-1(4)2(5)6/h2-4,6-7,12,17-18H,5,8-11H2,1H3;(H,3,4)(H,5,6)/t12-,14+,15+;/m0./s1. The fraction of sp³-hybridized carbons (Fsp3) is 0.529. The predicted molar refractivity (Wildman–Crippen MR) is 86.6 cm³/mol. The van der Waals surface area contributed by atoms with E-state index in [-0.39, 0.29) is 11.6 Å². The molecule has 24 heavy (non-hydrogen) atoms. The molecule has 0 spiro atoms. The minimum Gasteiger partial charge on any atom is -0.473 e. The molecule has 132 valence electrons. The first kappa shape index (κ1) is 18.4. The van der Waals surface area contributed by atoms with Crippen molar-refractivity contribution >= 4 is 11.9 Å². The van der Waals surface area contributed by atoms with E-state index in [9.17, 15) is 4.39 Å². The number of aliphatic carboxylic acids is 2. The molecule has 1 aromatic carbocycles. The fourth-order valence-electron chi connectivity index (χ4n) is 3.60. The van der Waals surface area contributed by atoms with Gasteiger partial charge in [-0.25, -0.2) is 14.0 Å². The Bertz CT molecular complexity index is 572. The number of hydrogen-bond acceptors (Lipinski definition) is 4. The Hall–Kier alpha value is -1.99. The lowest BCUT2D eigenvalue weighted by atomic mass is 9.86. The highest BCUT2D eigenvalue weighted by atomic mass is 19.1. The number of carboxylic acids is 2. The summed E-state index contributed by atoms with van der Waals surface area (Å²) < 4.78 is 14.9. The van der Waals surface area contributed by atoms with Crippen LogP contribution in [0.25, 0.3) is 0 Å². The molecule has 1 aliphatic carbocycles. The summed E-state index contributed by atoms with van der Waals surface area (Å²) in [5.41, 5.74) is -0.189. The molecule has 1 saturated heterocycles. The van der Waals surface area contributed by atoms with Gasteiger partial charge in [0.05, 0.1) is 5.54 Å². The number of fused-ring (bicyclic) bond motifs is 1. The average Bonchev–Trinajstić information content (AvgIpc) is 3.01. The van der Waals surface area contributed by atoms with E-state index < -0.39 is 17.6 Å². The Morgan fingerprint density at radius 1 is 1.17 bits per heavy atom. The lowest BCUT2D eigenvalue weighted by molar-refractivity contribution is -0.159. The van der Waals surface area contributed by atoms with Crippen molar-refractivity contribution in [3.05, 3.63) is 35.9 Å². The number of rotatable bonds is 3. The predicted octanol–water partition coefficient (Wildman–Crippen LogP) is 1.73. The van der Waals surface area contributed by atoms with Crippen molar-refractivity contribution in [2.45, 2.75) is 43.4 Å². The van der Waals surface area contributed by atoms with Crippen molar-refractivity contribution in [3.8, 4) is 0 Å². The number of carboxylic acid groups (broad SMARTS) is 2. The molecule has 0 amide bonds. The van der Waals surface area contributed by atoms with Gasteiger partial charge in [0.15, 0.2) is 0 Å². The molecule has 0 bridgehead atoms. The lowest BCUT2D eigenvalue weighted by Gasteiger charge is -2.37. The van der Waals surface area contributed by atoms with E-state index >= 15 is 0 Å². The average molecular weight is 338 g/mol. The molecule has 2 fully saturated rings. The minimum absolute atomic E-state index is 0.194. The van der Waals surface area contributed by atoms with E-state index in [1.54, 1.807) is 0 Å². The Morgan fingerprint density at radius 3 is 2.38 bits per heavy atom. The Labute approximate surface area is 140 Å². The van der Waals surface area contributed by atoms with Gasteiger partial charge < -0.3 is 20.8 Å². The Kier molecular flexibility index (Phi) is 5.56. The third-order valence-corrected chi connectivity index (χ3v) is 4.84. The molecule has 3 atom stereocenters. The number of benzene rings is 1. The molecule has 0 unspecified atom stereocenters. The summed E-state index contributed by atoms with van der Waals surface area (Å²) >= 11 is 0. The number of hydrogen-bond donors (Lipinski definition) is 4. The molecule has 4 N–H and O–H groups in total. The van der Waals surface area contributed by atoms with Crippen LogP contribution in [-0.2, 0) is 9.59 Å². The second kappa shape index (κ2) is 7.27. The van der Waals surface area contributed by atoms with Crippen LogP contribution in [0.2, 0.25) is 0 Å². The van der Waals surface area contributed by atoms with Crippen molar-refractivity contribution < 1.29 is 24.2 Å². The van der Waals surface area contributed by atoms with E-state index in [0.29, 0.717) is 13.0 Å². The van der Waals surface area contributed by atoms with E-state index in [4.69, 9.17) is 19.8 Å². The van der Waals surface area contributed by atoms with Crippen molar-refractivity contribution in [1.82, 2.24) is 10.6 Å². The molecule has 0 aromatic heterocycles. The topological polar surface area (TPSA) is 98.7 Å². The van der Waals surface area contributed by atoms with Crippen LogP contribution >= 0.6 is 0 Å². The van der Waals surface area contributed by atoms with Gasteiger partial charge in [-0.2, -0.15) is 0 Å². The number of nitrogens with one attached hydrogen (secondary N) is 2. The largest absolute Gasteiger partial charge is 0.473 e. The first-order valence-electron chi connectivity index (χ1n) is 7.98. The van der Waals surface area contributed by atoms with Crippen LogP contribution in [0.4, 0.5) is 4.39 Å². The number of alkyl halides is 1. The second-order valence-electron chi connectivity index (χ2n) is 6.39. The molecule has 0 radical (unpaired) electrons. The van der Waals surface area contributed by atoms with Crippen LogP contribution in [0.5, 0.6) is 0 Å². The molecule has 3 rings (SSSR count). The van der Waals surface area contributed by atoms with Crippen LogP contribution in [0.1, 0.15) is 37.8 Å². The van der Waals surface area contributed by atoms with Gasteiger partial charge in [0, 0.05) is 19.1 Å². The quantitative estimate of drug-likeness (QED) is 0.627. The summed E-state index contributed by atoms with van der Waals surface area (Å²) in [5, 5.41) is 21.6. The summed E-state index contributed by atoms with van der Waals surface area (Å²) in [5.74, 6) is -3.65. The van der Waals surface area contributed by atoms with Gasteiger partial charge in [0.25, 0.3) is 0 Å². The van der Waals surface area contributed by atoms with E-state index in [0.717, 1.165) is 19.4 Å². The SMILES string of the molecule is C[C@H](N[C@@]12CCC[C@@]1(F)CNC2)c1ccccc1.O=C(O)C(=O)O. The summed E-state index contributed by atoms with van der Waals surface area (Å²) in [6, 6.07) is 10.5. The third-order valence-electron chi connectivity index (χ3n) is 4.84. The summed E-state index contributed by atoms with van der Waals surface area (Å²) in [6.45, 7) is 3.38. The van der Waals surface area contributed by atoms with Crippen molar-refractivity contribution in [1.29, 1.82) is 0 Å². The molecule has 1 heterocycles. The van der Waals surface area contributed by atoms with Gasteiger partial charge in [-0.05, 0) is 31.7 Å². The van der Waals surface area contributed by atoms with Gasteiger partial charge in [0.1, 0.15) is 5.67 Å². The van der Waals surface area contributed by atoms with Crippen LogP contribution in [0, 0.1) is 0 Å². The molecule has 7 heteroatoms. The third kappa shape index (κ3) is 3.73. The molecular weight excluding hydrogens is 315 g/mol. The normalized spacial score (nSPS) is 29.2. The lowest BCUT2D eigenvalue weighted by Crippen LogP contribution is -2.57. The van der Waals surface area contributed by atoms with Crippen LogP contribution < -0.4 is 10.6 Å². The fourth-order valence-corrected chi connectivity index (χ4v) is 3.60. The maximum atomic E-state index is 14.9. The summed E-state index contributed by atoms with van der Waals surface area (Å²) in [4.78, 5) is 18.2. The van der Waals surface area contributed by atoms with E-state index in [1.807, 2.05) is 18.2 Å². The number of carbonyl (C=O) groups is 2. The van der Waals surface area contributed by atoms with E-state index in [2.05, 4.69) is 29.7 Å².